The maximum Gasteiger partial charge on any atom is 0.343 e. The van der Waals surface area contributed by atoms with Crippen molar-refractivity contribution in [1.82, 2.24) is 5.43 Å². The lowest BCUT2D eigenvalue weighted by Gasteiger charge is -2.10. The molecule has 1 N–H and O–H groups in total. The van der Waals surface area contributed by atoms with Crippen molar-refractivity contribution >= 4 is 29.7 Å². The van der Waals surface area contributed by atoms with E-state index in [9.17, 15) is 9.59 Å². The average Bonchev–Trinajstić information content (AvgIpc) is 2.80. The number of rotatable bonds is 8. The van der Waals surface area contributed by atoms with E-state index in [0.717, 1.165) is 0 Å². The first-order chi connectivity index (χ1) is 15.1. The minimum Gasteiger partial charge on any atom is -0.493 e. The topological polar surface area (TPSA) is 86.2 Å². The Balaban J connectivity index is 1.56. The highest BCUT2D eigenvalue weighted by Crippen LogP contribution is 2.28. The third-order valence-corrected chi connectivity index (χ3v) is 4.31. The van der Waals surface area contributed by atoms with Gasteiger partial charge in [0.05, 0.1) is 23.9 Å². The molecule has 0 aliphatic rings. The molecule has 158 valence electrons. The number of ether oxygens (including phenoxy) is 3. The lowest BCUT2D eigenvalue weighted by Crippen LogP contribution is -2.24. The van der Waals surface area contributed by atoms with Crippen LogP contribution >= 0.6 is 11.6 Å². The predicted octanol–water partition coefficient (Wildman–Crippen LogP) is 4.10. The molecule has 0 radical (unpaired) electrons. The molecular formula is C23H19ClN2O5. The monoisotopic (exact) mass is 438 g/mol. The summed E-state index contributed by atoms with van der Waals surface area (Å²) in [4.78, 5) is 24.1. The highest BCUT2D eigenvalue weighted by atomic mass is 35.5. The third kappa shape index (κ3) is 6.32. The number of hydrogen-bond donors (Lipinski definition) is 1. The van der Waals surface area contributed by atoms with E-state index in [2.05, 4.69) is 10.5 Å². The van der Waals surface area contributed by atoms with Crippen LogP contribution < -0.4 is 19.6 Å². The van der Waals surface area contributed by atoms with Crippen LogP contribution in [-0.2, 0) is 4.79 Å². The number of carbonyl (C=O) groups excluding carboxylic acids is 2. The number of halogens is 1. The summed E-state index contributed by atoms with van der Waals surface area (Å²) in [5, 5.41) is 4.30. The smallest absolute Gasteiger partial charge is 0.343 e. The van der Waals surface area contributed by atoms with Crippen molar-refractivity contribution in [3.05, 3.63) is 88.9 Å². The first-order valence-corrected chi connectivity index (χ1v) is 9.59. The van der Waals surface area contributed by atoms with E-state index in [1.165, 1.54) is 13.3 Å². The molecule has 7 nitrogen and oxygen atoms in total. The first kappa shape index (κ1) is 21.9. The van der Waals surface area contributed by atoms with Crippen molar-refractivity contribution in [1.29, 1.82) is 0 Å². The van der Waals surface area contributed by atoms with Gasteiger partial charge in [-0.05, 0) is 48.0 Å². The quantitative estimate of drug-likeness (QED) is 0.248. The number of nitrogens with zero attached hydrogens (tertiary/aromatic N) is 1. The molecule has 0 aliphatic heterocycles. The van der Waals surface area contributed by atoms with Crippen LogP contribution in [0.25, 0.3) is 0 Å². The largest absolute Gasteiger partial charge is 0.493 e. The molecule has 0 heterocycles. The SMILES string of the molecule is COc1cc(/C=N\NC(=O)COc2ccccc2Cl)ccc1OC(=O)c1ccccc1. The normalized spacial score (nSPS) is 10.5. The molecule has 31 heavy (non-hydrogen) atoms. The van der Waals surface area contributed by atoms with Gasteiger partial charge in [-0.3, -0.25) is 4.79 Å². The van der Waals surface area contributed by atoms with Crippen LogP contribution in [0.3, 0.4) is 0 Å². The minimum absolute atomic E-state index is 0.237. The minimum atomic E-state index is -0.494. The van der Waals surface area contributed by atoms with Gasteiger partial charge in [-0.15, -0.1) is 0 Å². The number of esters is 1. The van der Waals surface area contributed by atoms with Gasteiger partial charge in [0.2, 0.25) is 0 Å². The van der Waals surface area contributed by atoms with Crippen molar-refractivity contribution in [3.8, 4) is 17.2 Å². The van der Waals surface area contributed by atoms with Gasteiger partial charge in [-0.1, -0.05) is 41.9 Å². The summed E-state index contributed by atoms with van der Waals surface area (Å²) >= 11 is 5.97. The number of para-hydroxylation sites is 1. The van der Waals surface area contributed by atoms with Gasteiger partial charge < -0.3 is 14.2 Å². The zero-order valence-corrected chi connectivity index (χ0v) is 17.3. The standard InChI is InChI=1S/C23H19ClN2O5/c1-29-21-13-16(11-12-20(21)31-23(28)17-7-3-2-4-8-17)14-25-26-22(27)15-30-19-10-6-5-9-18(19)24/h2-14H,15H2,1H3,(H,26,27)/b25-14-. The maximum atomic E-state index is 12.2. The number of benzene rings is 3. The Morgan fingerprint density at radius 3 is 2.45 bits per heavy atom. The van der Waals surface area contributed by atoms with E-state index in [-0.39, 0.29) is 12.4 Å². The fourth-order valence-corrected chi connectivity index (χ4v) is 2.69. The fraction of sp³-hybridized carbons (Fsp3) is 0.0870. The molecule has 0 unspecified atom stereocenters. The number of nitrogens with one attached hydrogen (secondary N) is 1. The van der Waals surface area contributed by atoms with Crippen LogP contribution in [0.1, 0.15) is 15.9 Å². The lowest BCUT2D eigenvalue weighted by atomic mass is 10.2. The number of hydrazone groups is 1. The molecule has 0 aliphatic carbocycles. The molecule has 0 fully saturated rings. The van der Waals surface area contributed by atoms with E-state index < -0.39 is 11.9 Å². The van der Waals surface area contributed by atoms with Gasteiger partial charge in [0, 0.05) is 0 Å². The zero-order chi connectivity index (χ0) is 22.1. The van der Waals surface area contributed by atoms with Crippen LogP contribution in [-0.4, -0.2) is 31.8 Å². The molecule has 3 aromatic rings. The summed E-state index contributed by atoms with van der Waals surface area (Å²) in [6.45, 7) is -0.237. The molecule has 0 spiro atoms. The molecule has 0 saturated carbocycles. The van der Waals surface area contributed by atoms with Crippen LogP contribution in [0.5, 0.6) is 17.2 Å². The Bertz CT molecular complexity index is 1090. The van der Waals surface area contributed by atoms with E-state index in [1.807, 2.05) is 6.07 Å². The second-order valence-corrected chi connectivity index (χ2v) is 6.59. The summed E-state index contributed by atoms with van der Waals surface area (Å²) in [6, 6.07) is 20.4. The Morgan fingerprint density at radius 1 is 0.968 bits per heavy atom. The number of hydrogen-bond acceptors (Lipinski definition) is 6. The average molecular weight is 439 g/mol. The van der Waals surface area contributed by atoms with Crippen LogP contribution in [0, 0.1) is 0 Å². The summed E-state index contributed by atoms with van der Waals surface area (Å²) < 4.78 is 16.0. The Hall–Kier alpha value is -3.84. The molecule has 3 aromatic carbocycles. The molecule has 0 saturated heterocycles. The van der Waals surface area contributed by atoms with E-state index in [0.29, 0.717) is 27.6 Å². The molecule has 8 heteroatoms. The van der Waals surface area contributed by atoms with Crippen molar-refractivity contribution in [3.63, 3.8) is 0 Å². The van der Waals surface area contributed by atoms with E-state index in [4.69, 9.17) is 25.8 Å². The van der Waals surface area contributed by atoms with Gasteiger partial charge in [-0.25, -0.2) is 10.2 Å². The summed E-state index contributed by atoms with van der Waals surface area (Å²) in [5.74, 6) is 0.0867. The fourth-order valence-electron chi connectivity index (χ4n) is 2.50. The zero-order valence-electron chi connectivity index (χ0n) is 16.6. The highest BCUT2D eigenvalue weighted by molar-refractivity contribution is 6.32. The first-order valence-electron chi connectivity index (χ1n) is 9.21. The Labute approximate surface area is 184 Å². The molecule has 0 aromatic heterocycles. The van der Waals surface area contributed by atoms with Crippen molar-refractivity contribution in [2.24, 2.45) is 5.10 Å². The van der Waals surface area contributed by atoms with Crippen LogP contribution in [0.15, 0.2) is 77.9 Å². The number of methoxy groups -OCH3 is 1. The van der Waals surface area contributed by atoms with Crippen molar-refractivity contribution in [2.45, 2.75) is 0 Å². The lowest BCUT2D eigenvalue weighted by molar-refractivity contribution is -0.123. The van der Waals surface area contributed by atoms with Gasteiger partial charge >= 0.3 is 5.97 Å². The van der Waals surface area contributed by atoms with Crippen LogP contribution in [0.4, 0.5) is 0 Å². The van der Waals surface area contributed by atoms with E-state index in [1.54, 1.807) is 66.7 Å². The number of amides is 1. The van der Waals surface area contributed by atoms with Gasteiger partial charge in [0.25, 0.3) is 5.91 Å². The maximum absolute atomic E-state index is 12.2. The summed E-state index contributed by atoms with van der Waals surface area (Å²) in [7, 11) is 1.46. The molecular weight excluding hydrogens is 420 g/mol. The van der Waals surface area contributed by atoms with Gasteiger partial charge in [-0.2, -0.15) is 5.10 Å². The summed E-state index contributed by atoms with van der Waals surface area (Å²) in [5.41, 5.74) is 3.42. The molecule has 3 rings (SSSR count). The molecule has 1 amide bonds. The molecule has 0 atom stereocenters. The van der Waals surface area contributed by atoms with Gasteiger partial charge in [0.1, 0.15) is 5.75 Å². The van der Waals surface area contributed by atoms with Crippen molar-refractivity contribution < 1.29 is 23.8 Å². The van der Waals surface area contributed by atoms with Gasteiger partial charge in [0.15, 0.2) is 18.1 Å². The van der Waals surface area contributed by atoms with Crippen LogP contribution in [0.2, 0.25) is 5.02 Å². The molecule has 0 bridgehead atoms. The third-order valence-electron chi connectivity index (χ3n) is 4.00. The number of carbonyl (C=O) groups is 2. The Kier molecular flexibility index (Phi) is 7.61. The summed E-state index contributed by atoms with van der Waals surface area (Å²) in [6.07, 6.45) is 1.43. The van der Waals surface area contributed by atoms with Crippen molar-refractivity contribution in [2.75, 3.05) is 13.7 Å². The highest BCUT2D eigenvalue weighted by Gasteiger charge is 2.12. The predicted molar refractivity (Wildman–Crippen MR) is 117 cm³/mol. The second kappa shape index (κ2) is 10.8. The Morgan fingerprint density at radius 2 is 1.71 bits per heavy atom. The second-order valence-electron chi connectivity index (χ2n) is 6.18. The van der Waals surface area contributed by atoms with E-state index >= 15 is 0 Å².